The maximum atomic E-state index is 12.0. The van der Waals surface area contributed by atoms with Gasteiger partial charge >= 0.3 is 12.2 Å². The Morgan fingerprint density at radius 2 is 1.74 bits per heavy atom. The van der Waals surface area contributed by atoms with Gasteiger partial charge in [-0.15, -0.1) is 12.4 Å². The van der Waals surface area contributed by atoms with Crippen molar-refractivity contribution < 1.29 is 19.1 Å². The Hall–Kier alpha value is -1.99. The van der Waals surface area contributed by atoms with E-state index < -0.39 is 17.8 Å². The predicted octanol–water partition coefficient (Wildman–Crippen LogP) is 3.76. The molecule has 2 rings (SSSR count). The molecule has 0 radical (unpaired) electrons. The van der Waals surface area contributed by atoms with Gasteiger partial charge in [0.2, 0.25) is 0 Å². The van der Waals surface area contributed by atoms with E-state index in [0.717, 1.165) is 18.4 Å². The summed E-state index contributed by atoms with van der Waals surface area (Å²) in [6.45, 7) is 5.67. The van der Waals surface area contributed by atoms with E-state index in [1.807, 2.05) is 30.3 Å². The van der Waals surface area contributed by atoms with Crippen molar-refractivity contribution in [2.45, 2.75) is 70.7 Å². The van der Waals surface area contributed by atoms with Gasteiger partial charge in [-0.3, -0.25) is 0 Å². The summed E-state index contributed by atoms with van der Waals surface area (Å²) in [4.78, 5) is 23.9. The smallest absolute Gasteiger partial charge is 0.424 e. The van der Waals surface area contributed by atoms with Crippen LogP contribution in [0.5, 0.6) is 0 Å². The van der Waals surface area contributed by atoms with E-state index in [0.29, 0.717) is 12.8 Å². The van der Waals surface area contributed by atoms with E-state index in [1.165, 1.54) is 5.01 Å². The normalized spacial score (nSPS) is 19.4. The molecule has 0 unspecified atom stereocenters. The molecule has 27 heavy (non-hydrogen) atoms. The lowest BCUT2D eigenvalue weighted by Crippen LogP contribution is -2.51. The number of carbonyl (C=O) groups is 2. The largest absolute Gasteiger partial charge is 0.445 e. The molecule has 2 amide bonds. The molecule has 0 atom stereocenters. The average molecular weight is 400 g/mol. The molecule has 8 heteroatoms. The highest BCUT2D eigenvalue weighted by Crippen LogP contribution is 2.23. The number of hydrogen-bond acceptors (Lipinski definition) is 5. The van der Waals surface area contributed by atoms with Crippen LogP contribution in [0.2, 0.25) is 0 Å². The van der Waals surface area contributed by atoms with Crippen LogP contribution < -0.4 is 11.2 Å². The minimum absolute atomic E-state index is 0. The molecule has 0 aliphatic heterocycles. The molecular weight excluding hydrogens is 370 g/mol. The van der Waals surface area contributed by atoms with Gasteiger partial charge < -0.3 is 14.8 Å². The molecule has 1 aliphatic rings. The SMILES string of the molecule is CC(C)(C)OC(=O)N(N)C1CCC(NC(=O)OCc2ccccc2)CC1.Cl. The lowest BCUT2D eigenvalue weighted by molar-refractivity contribution is 0.0106. The van der Waals surface area contributed by atoms with E-state index in [9.17, 15) is 9.59 Å². The first kappa shape index (κ1) is 23.0. The summed E-state index contributed by atoms with van der Waals surface area (Å²) in [6, 6.07) is 9.49. The molecule has 3 N–H and O–H groups in total. The summed E-state index contributed by atoms with van der Waals surface area (Å²) in [5.74, 6) is 5.90. The van der Waals surface area contributed by atoms with Crippen LogP contribution in [0.25, 0.3) is 0 Å². The van der Waals surface area contributed by atoms with Crippen LogP contribution in [0, 0.1) is 0 Å². The molecule has 0 spiro atoms. The summed E-state index contributed by atoms with van der Waals surface area (Å²) >= 11 is 0. The van der Waals surface area contributed by atoms with Crippen molar-refractivity contribution in [1.29, 1.82) is 0 Å². The van der Waals surface area contributed by atoms with Crippen molar-refractivity contribution in [3.63, 3.8) is 0 Å². The molecule has 1 aromatic carbocycles. The number of nitrogens with one attached hydrogen (secondary N) is 1. The standard InChI is InChI=1S/C19H29N3O4.ClH/c1-19(2,3)26-18(24)22(20)16-11-9-15(10-12-16)21-17(23)25-13-14-7-5-4-6-8-14;/h4-8,15-16H,9-13,20H2,1-3H3,(H,21,23);1H. The Labute approximate surface area is 166 Å². The molecule has 0 heterocycles. The molecule has 7 nitrogen and oxygen atoms in total. The topological polar surface area (TPSA) is 93.9 Å². The van der Waals surface area contributed by atoms with Crippen LogP contribution in [-0.4, -0.2) is 34.9 Å². The number of rotatable bonds is 4. The highest BCUT2D eigenvalue weighted by Gasteiger charge is 2.30. The summed E-state index contributed by atoms with van der Waals surface area (Å²) in [5, 5.41) is 4.06. The minimum atomic E-state index is -0.573. The Kier molecular flexibility index (Phi) is 8.85. The van der Waals surface area contributed by atoms with Gasteiger partial charge in [-0.1, -0.05) is 30.3 Å². The number of alkyl carbamates (subject to hydrolysis) is 1. The average Bonchev–Trinajstić information content (AvgIpc) is 2.59. The first-order valence-electron chi connectivity index (χ1n) is 8.99. The molecule has 1 saturated carbocycles. The monoisotopic (exact) mass is 399 g/mol. The van der Waals surface area contributed by atoms with Gasteiger partial charge in [0, 0.05) is 6.04 Å². The maximum absolute atomic E-state index is 12.0. The fourth-order valence-electron chi connectivity index (χ4n) is 2.89. The van der Waals surface area contributed by atoms with E-state index in [-0.39, 0.29) is 31.1 Å². The molecule has 0 bridgehead atoms. The first-order valence-corrected chi connectivity index (χ1v) is 8.99. The van der Waals surface area contributed by atoms with Gasteiger partial charge in [-0.2, -0.15) is 0 Å². The van der Waals surface area contributed by atoms with Crippen molar-refractivity contribution in [2.75, 3.05) is 0 Å². The van der Waals surface area contributed by atoms with E-state index in [4.69, 9.17) is 15.3 Å². The van der Waals surface area contributed by atoms with Crippen LogP contribution >= 0.6 is 12.4 Å². The van der Waals surface area contributed by atoms with Crippen LogP contribution in [0.1, 0.15) is 52.0 Å². The lowest BCUT2D eigenvalue weighted by Gasteiger charge is -2.34. The zero-order chi connectivity index (χ0) is 19.2. The van der Waals surface area contributed by atoms with E-state index in [1.54, 1.807) is 20.8 Å². The molecule has 0 saturated heterocycles. The van der Waals surface area contributed by atoms with Gasteiger partial charge in [-0.05, 0) is 52.0 Å². The van der Waals surface area contributed by atoms with Gasteiger partial charge in [0.05, 0.1) is 6.04 Å². The number of ether oxygens (including phenoxy) is 2. The Balaban J connectivity index is 0.00000364. The third-order valence-corrected chi connectivity index (χ3v) is 4.23. The number of amides is 2. The molecule has 1 aromatic rings. The Morgan fingerprint density at radius 1 is 1.15 bits per heavy atom. The van der Waals surface area contributed by atoms with E-state index in [2.05, 4.69) is 5.32 Å². The Morgan fingerprint density at radius 3 is 2.30 bits per heavy atom. The summed E-state index contributed by atoms with van der Waals surface area (Å²) in [5.41, 5.74) is 0.373. The zero-order valence-electron chi connectivity index (χ0n) is 16.1. The zero-order valence-corrected chi connectivity index (χ0v) is 17.0. The molecular formula is C19H30ClN3O4. The maximum Gasteiger partial charge on any atom is 0.424 e. The van der Waals surface area contributed by atoms with Crippen molar-refractivity contribution >= 4 is 24.6 Å². The fraction of sp³-hybridized carbons (Fsp3) is 0.579. The van der Waals surface area contributed by atoms with Crippen LogP contribution in [0.3, 0.4) is 0 Å². The van der Waals surface area contributed by atoms with Gasteiger partial charge in [0.1, 0.15) is 12.2 Å². The molecule has 0 aromatic heterocycles. The van der Waals surface area contributed by atoms with Crippen molar-refractivity contribution in [1.82, 2.24) is 10.3 Å². The van der Waals surface area contributed by atoms with Crippen molar-refractivity contribution in [3.05, 3.63) is 35.9 Å². The summed E-state index contributed by atoms with van der Waals surface area (Å²) < 4.78 is 10.5. The van der Waals surface area contributed by atoms with Crippen LogP contribution in [0.15, 0.2) is 30.3 Å². The van der Waals surface area contributed by atoms with Crippen LogP contribution in [0.4, 0.5) is 9.59 Å². The number of nitrogens with zero attached hydrogens (tertiary/aromatic N) is 1. The predicted molar refractivity (Wildman–Crippen MR) is 105 cm³/mol. The third-order valence-electron chi connectivity index (χ3n) is 4.23. The lowest BCUT2D eigenvalue weighted by atomic mass is 9.91. The first-order chi connectivity index (χ1) is 12.2. The number of hydrogen-bond donors (Lipinski definition) is 2. The van der Waals surface area contributed by atoms with Gasteiger partial charge in [0.25, 0.3) is 0 Å². The molecule has 1 fully saturated rings. The highest BCUT2D eigenvalue weighted by molar-refractivity contribution is 5.85. The Bertz CT molecular complexity index is 599. The molecule has 1 aliphatic carbocycles. The fourth-order valence-corrected chi connectivity index (χ4v) is 2.89. The minimum Gasteiger partial charge on any atom is -0.445 e. The highest BCUT2D eigenvalue weighted by atomic mass is 35.5. The van der Waals surface area contributed by atoms with Gasteiger partial charge in [-0.25, -0.2) is 20.4 Å². The van der Waals surface area contributed by atoms with E-state index >= 15 is 0 Å². The second kappa shape index (κ2) is 10.4. The number of halogens is 1. The summed E-state index contributed by atoms with van der Waals surface area (Å²) in [6.07, 6.45) is 1.95. The van der Waals surface area contributed by atoms with Crippen molar-refractivity contribution in [2.24, 2.45) is 5.84 Å². The second-order valence-corrected chi connectivity index (χ2v) is 7.60. The summed E-state index contributed by atoms with van der Waals surface area (Å²) in [7, 11) is 0. The number of carbonyl (C=O) groups excluding carboxylic acids is 2. The number of hydrazine groups is 1. The number of benzene rings is 1. The quantitative estimate of drug-likeness (QED) is 0.456. The second-order valence-electron chi connectivity index (χ2n) is 7.60. The van der Waals surface area contributed by atoms with Crippen molar-refractivity contribution in [3.8, 4) is 0 Å². The third kappa shape index (κ3) is 8.05. The molecule has 152 valence electrons. The number of nitrogens with two attached hydrogens (primary N) is 1. The van der Waals surface area contributed by atoms with Crippen LogP contribution in [-0.2, 0) is 16.1 Å². The van der Waals surface area contributed by atoms with Gasteiger partial charge in [0.15, 0.2) is 0 Å².